The average Bonchev–Trinajstić information content (AvgIpc) is 2.83. The first kappa shape index (κ1) is 14.0. The topological polar surface area (TPSA) is 73.9 Å². The molecule has 0 aliphatic carbocycles. The Balaban J connectivity index is 2.51. The van der Waals surface area contributed by atoms with Crippen LogP contribution in [-0.4, -0.2) is 22.3 Å². The monoisotopic (exact) mass is 298 g/mol. The molecule has 0 spiro atoms. The number of rotatable bonds is 5. The van der Waals surface area contributed by atoms with Gasteiger partial charge in [-0.1, -0.05) is 36.3 Å². The number of pyridine rings is 1. The third-order valence-electron chi connectivity index (χ3n) is 2.71. The maximum atomic E-state index is 6.24. The molecule has 0 amide bonds. The summed E-state index contributed by atoms with van der Waals surface area (Å²) in [6, 6.07) is 1.83. The van der Waals surface area contributed by atoms with Crippen LogP contribution in [0.2, 0.25) is 5.15 Å². The highest BCUT2D eigenvalue weighted by Crippen LogP contribution is 2.34. The third kappa shape index (κ3) is 3.13. The molecule has 2 aromatic heterocycles. The van der Waals surface area contributed by atoms with Crippen LogP contribution in [0.4, 0.5) is 5.13 Å². The fourth-order valence-corrected chi connectivity index (χ4v) is 2.68. The SMILES string of the molecule is CCCCc1c(-c2nnc(N)s2)cc(OC)nc1Cl. The summed E-state index contributed by atoms with van der Waals surface area (Å²) >= 11 is 7.57. The predicted molar refractivity (Wildman–Crippen MR) is 77.7 cm³/mol. The lowest BCUT2D eigenvalue weighted by Crippen LogP contribution is -1.97. The van der Waals surface area contributed by atoms with Crippen molar-refractivity contribution in [2.75, 3.05) is 12.8 Å². The Morgan fingerprint density at radius 1 is 1.42 bits per heavy atom. The summed E-state index contributed by atoms with van der Waals surface area (Å²) in [7, 11) is 1.56. The van der Waals surface area contributed by atoms with E-state index in [4.69, 9.17) is 22.1 Å². The number of nitrogens with two attached hydrogens (primary N) is 1. The number of ether oxygens (including phenoxy) is 1. The van der Waals surface area contributed by atoms with Crippen molar-refractivity contribution in [2.24, 2.45) is 0 Å². The van der Waals surface area contributed by atoms with E-state index in [1.807, 2.05) is 6.07 Å². The van der Waals surface area contributed by atoms with E-state index >= 15 is 0 Å². The summed E-state index contributed by atoms with van der Waals surface area (Å²) in [5.74, 6) is 0.467. The van der Waals surface area contributed by atoms with Gasteiger partial charge >= 0.3 is 0 Å². The molecule has 7 heteroatoms. The average molecular weight is 299 g/mol. The molecule has 19 heavy (non-hydrogen) atoms. The maximum Gasteiger partial charge on any atom is 0.215 e. The van der Waals surface area contributed by atoms with Gasteiger partial charge < -0.3 is 10.5 Å². The summed E-state index contributed by atoms with van der Waals surface area (Å²) in [5.41, 5.74) is 7.51. The van der Waals surface area contributed by atoms with E-state index in [2.05, 4.69) is 22.1 Å². The number of nitrogens with zero attached hydrogens (tertiary/aromatic N) is 3. The summed E-state index contributed by atoms with van der Waals surface area (Å²) in [5, 5.41) is 9.55. The molecule has 0 fully saturated rings. The summed E-state index contributed by atoms with van der Waals surface area (Å²) < 4.78 is 5.15. The lowest BCUT2D eigenvalue weighted by molar-refractivity contribution is 0.398. The Morgan fingerprint density at radius 3 is 2.79 bits per heavy atom. The third-order valence-corrected chi connectivity index (χ3v) is 3.81. The molecule has 0 bridgehead atoms. The van der Waals surface area contributed by atoms with Crippen molar-refractivity contribution in [2.45, 2.75) is 26.2 Å². The fourth-order valence-electron chi connectivity index (χ4n) is 1.75. The number of hydrogen-bond acceptors (Lipinski definition) is 6. The van der Waals surface area contributed by atoms with Crippen LogP contribution in [0, 0.1) is 0 Å². The van der Waals surface area contributed by atoms with Crippen molar-refractivity contribution >= 4 is 28.1 Å². The number of unbranched alkanes of at least 4 members (excludes halogenated alkanes) is 1. The summed E-state index contributed by atoms with van der Waals surface area (Å²) in [6.07, 6.45) is 2.97. The van der Waals surface area contributed by atoms with Gasteiger partial charge in [-0.05, 0) is 12.8 Å². The van der Waals surface area contributed by atoms with E-state index in [0.29, 0.717) is 16.2 Å². The zero-order valence-electron chi connectivity index (χ0n) is 10.8. The Labute approximate surface area is 120 Å². The largest absolute Gasteiger partial charge is 0.481 e. The minimum atomic E-state index is 0.434. The van der Waals surface area contributed by atoms with Crippen LogP contribution < -0.4 is 10.5 Å². The fraction of sp³-hybridized carbons (Fsp3) is 0.417. The molecule has 0 unspecified atom stereocenters. The normalized spacial score (nSPS) is 10.7. The van der Waals surface area contributed by atoms with Gasteiger partial charge in [0.1, 0.15) is 10.2 Å². The van der Waals surface area contributed by atoms with Crippen LogP contribution in [0.3, 0.4) is 0 Å². The lowest BCUT2D eigenvalue weighted by Gasteiger charge is -2.10. The standard InChI is InChI=1S/C12H15ClN4OS/c1-3-4-5-7-8(11-16-17-12(14)19-11)6-9(18-2)15-10(7)13/h6H,3-5H2,1-2H3,(H2,14,17). The predicted octanol–water partition coefficient (Wildman–Crippen LogP) is 3.19. The van der Waals surface area contributed by atoms with Gasteiger partial charge in [-0.25, -0.2) is 4.98 Å². The molecular weight excluding hydrogens is 284 g/mol. The first-order valence-corrected chi connectivity index (χ1v) is 7.18. The molecule has 2 heterocycles. The van der Waals surface area contributed by atoms with E-state index < -0.39 is 0 Å². The van der Waals surface area contributed by atoms with Crippen LogP contribution in [0.25, 0.3) is 10.6 Å². The highest BCUT2D eigenvalue weighted by Gasteiger charge is 2.16. The van der Waals surface area contributed by atoms with Crippen molar-refractivity contribution in [3.05, 3.63) is 16.8 Å². The van der Waals surface area contributed by atoms with Crippen molar-refractivity contribution < 1.29 is 4.74 Å². The summed E-state index contributed by atoms with van der Waals surface area (Å²) in [6.45, 7) is 2.13. The van der Waals surface area contributed by atoms with Gasteiger partial charge in [0.25, 0.3) is 0 Å². The molecule has 102 valence electrons. The van der Waals surface area contributed by atoms with Crippen molar-refractivity contribution in [1.29, 1.82) is 0 Å². The van der Waals surface area contributed by atoms with Crippen LogP contribution in [0.15, 0.2) is 6.07 Å². The molecular formula is C12H15ClN4OS. The van der Waals surface area contributed by atoms with E-state index in [1.165, 1.54) is 11.3 Å². The molecule has 2 aromatic rings. The van der Waals surface area contributed by atoms with Crippen molar-refractivity contribution in [3.8, 4) is 16.5 Å². The van der Waals surface area contributed by atoms with Crippen LogP contribution >= 0.6 is 22.9 Å². The highest BCUT2D eigenvalue weighted by atomic mass is 35.5. The van der Waals surface area contributed by atoms with Gasteiger partial charge in [-0.2, -0.15) is 0 Å². The van der Waals surface area contributed by atoms with Crippen LogP contribution in [0.5, 0.6) is 5.88 Å². The Hall–Kier alpha value is -1.40. The molecule has 0 aliphatic heterocycles. The minimum Gasteiger partial charge on any atom is -0.481 e. The van der Waals surface area contributed by atoms with Crippen molar-refractivity contribution in [3.63, 3.8) is 0 Å². The van der Waals surface area contributed by atoms with Crippen LogP contribution in [0.1, 0.15) is 25.3 Å². The second-order valence-electron chi connectivity index (χ2n) is 4.03. The molecule has 2 N–H and O–H groups in total. The summed E-state index contributed by atoms with van der Waals surface area (Å²) in [4.78, 5) is 4.21. The maximum absolute atomic E-state index is 6.24. The van der Waals surface area contributed by atoms with E-state index in [0.717, 1.165) is 35.4 Å². The lowest BCUT2D eigenvalue weighted by atomic mass is 10.0. The van der Waals surface area contributed by atoms with E-state index in [1.54, 1.807) is 7.11 Å². The van der Waals surface area contributed by atoms with Gasteiger partial charge in [-0.15, -0.1) is 10.2 Å². The Morgan fingerprint density at radius 2 is 2.21 bits per heavy atom. The zero-order chi connectivity index (χ0) is 13.8. The molecule has 0 aromatic carbocycles. The van der Waals surface area contributed by atoms with E-state index in [-0.39, 0.29) is 0 Å². The first-order chi connectivity index (χ1) is 9.15. The molecule has 0 atom stereocenters. The number of halogens is 1. The second-order valence-corrected chi connectivity index (χ2v) is 5.40. The van der Waals surface area contributed by atoms with E-state index in [9.17, 15) is 0 Å². The number of methoxy groups -OCH3 is 1. The van der Waals surface area contributed by atoms with Crippen molar-refractivity contribution in [1.82, 2.24) is 15.2 Å². The molecule has 0 aliphatic rings. The van der Waals surface area contributed by atoms with Gasteiger partial charge in [0.15, 0.2) is 0 Å². The van der Waals surface area contributed by atoms with Gasteiger partial charge in [0.05, 0.1) is 7.11 Å². The number of aromatic nitrogens is 3. The molecule has 2 rings (SSSR count). The number of anilines is 1. The molecule has 5 nitrogen and oxygen atoms in total. The molecule has 0 saturated heterocycles. The smallest absolute Gasteiger partial charge is 0.215 e. The zero-order valence-corrected chi connectivity index (χ0v) is 12.4. The highest BCUT2D eigenvalue weighted by molar-refractivity contribution is 7.18. The molecule has 0 saturated carbocycles. The first-order valence-electron chi connectivity index (χ1n) is 5.98. The van der Waals surface area contributed by atoms with Crippen LogP contribution in [-0.2, 0) is 6.42 Å². The molecule has 0 radical (unpaired) electrons. The Bertz CT molecular complexity index is 573. The van der Waals surface area contributed by atoms with Gasteiger partial charge in [0, 0.05) is 17.2 Å². The second kappa shape index (κ2) is 6.16. The Kier molecular flexibility index (Phi) is 4.55. The number of hydrogen-bond donors (Lipinski definition) is 1. The minimum absolute atomic E-state index is 0.434. The van der Waals surface area contributed by atoms with Gasteiger partial charge in [-0.3, -0.25) is 0 Å². The number of nitrogen functional groups attached to an aromatic ring is 1. The van der Waals surface area contributed by atoms with Gasteiger partial charge in [0.2, 0.25) is 11.0 Å². The quantitative estimate of drug-likeness (QED) is 0.858.